The second kappa shape index (κ2) is 6.71. The molecular formula is C12H25NO3S. The van der Waals surface area contributed by atoms with E-state index in [2.05, 4.69) is 19.2 Å². The molecule has 0 aliphatic carbocycles. The number of ether oxygens (including phenoxy) is 1. The second-order valence-corrected chi connectivity index (χ2v) is 7.65. The zero-order valence-corrected chi connectivity index (χ0v) is 11.9. The maximum Gasteiger partial charge on any atom is 0.154 e. The van der Waals surface area contributed by atoms with E-state index in [9.17, 15) is 8.42 Å². The van der Waals surface area contributed by atoms with E-state index >= 15 is 0 Å². The molecule has 0 aromatic heterocycles. The van der Waals surface area contributed by atoms with Crippen molar-refractivity contribution in [1.82, 2.24) is 5.32 Å². The van der Waals surface area contributed by atoms with Crippen LogP contribution in [0.2, 0.25) is 0 Å². The van der Waals surface area contributed by atoms with Gasteiger partial charge in [-0.25, -0.2) is 8.42 Å². The fourth-order valence-corrected chi connectivity index (χ4v) is 4.38. The fourth-order valence-electron chi connectivity index (χ4n) is 2.25. The summed E-state index contributed by atoms with van der Waals surface area (Å²) in [4.78, 5) is 0. The minimum atomic E-state index is -2.88. The molecule has 0 spiro atoms. The lowest BCUT2D eigenvalue weighted by atomic mass is 10.1. The predicted molar refractivity (Wildman–Crippen MR) is 69.9 cm³/mol. The zero-order valence-electron chi connectivity index (χ0n) is 11.1. The summed E-state index contributed by atoms with van der Waals surface area (Å²) in [6.07, 6.45) is 2.33. The fraction of sp³-hybridized carbons (Fsp3) is 1.00. The van der Waals surface area contributed by atoms with E-state index in [-0.39, 0.29) is 11.3 Å². The highest BCUT2D eigenvalue weighted by atomic mass is 32.2. The van der Waals surface area contributed by atoms with E-state index in [1.54, 1.807) is 7.11 Å². The Bertz CT molecular complexity index is 314. The molecule has 4 nitrogen and oxygen atoms in total. The molecule has 1 unspecified atom stereocenters. The largest absolute Gasteiger partial charge is 0.385 e. The van der Waals surface area contributed by atoms with Crippen LogP contribution in [0.15, 0.2) is 0 Å². The second-order valence-electron chi connectivity index (χ2n) is 5.32. The maximum absolute atomic E-state index is 11.9. The molecule has 0 aromatic rings. The molecule has 1 aliphatic heterocycles. The predicted octanol–water partition coefficient (Wildman–Crippen LogP) is 1.21. The highest BCUT2D eigenvalue weighted by molar-refractivity contribution is 7.92. The van der Waals surface area contributed by atoms with Gasteiger partial charge in [0.05, 0.1) is 11.0 Å². The normalized spacial score (nSPS) is 27.8. The highest BCUT2D eigenvalue weighted by Gasteiger charge is 2.37. The third-order valence-electron chi connectivity index (χ3n) is 3.18. The molecule has 0 radical (unpaired) electrons. The van der Waals surface area contributed by atoms with E-state index in [4.69, 9.17) is 4.74 Å². The van der Waals surface area contributed by atoms with Gasteiger partial charge in [0.2, 0.25) is 0 Å². The third kappa shape index (κ3) is 4.94. The molecule has 1 saturated heterocycles. The summed E-state index contributed by atoms with van der Waals surface area (Å²) in [5, 5.41) is 3.18. The van der Waals surface area contributed by atoms with Crippen molar-refractivity contribution in [3.8, 4) is 0 Å². The quantitative estimate of drug-likeness (QED) is 0.702. The first-order valence-electron chi connectivity index (χ1n) is 6.39. The van der Waals surface area contributed by atoms with Crippen molar-refractivity contribution < 1.29 is 13.2 Å². The number of hydrogen-bond donors (Lipinski definition) is 1. The van der Waals surface area contributed by atoms with Crippen LogP contribution in [-0.2, 0) is 14.6 Å². The smallest absolute Gasteiger partial charge is 0.154 e. The summed E-state index contributed by atoms with van der Waals surface area (Å²) in [5.74, 6) is 0.863. The molecule has 0 bridgehead atoms. The van der Waals surface area contributed by atoms with Crippen LogP contribution in [0.5, 0.6) is 0 Å². The third-order valence-corrected chi connectivity index (χ3v) is 5.49. The SMILES string of the molecule is COCCC[C@@H]1CC(NCC(C)C)CS1(=O)=O. The van der Waals surface area contributed by atoms with Gasteiger partial charge in [0.15, 0.2) is 9.84 Å². The van der Waals surface area contributed by atoms with Crippen LogP contribution in [0.1, 0.15) is 33.1 Å². The van der Waals surface area contributed by atoms with Crippen LogP contribution in [0, 0.1) is 5.92 Å². The summed E-state index contributed by atoms with van der Waals surface area (Å²) in [5.41, 5.74) is 0. The lowest BCUT2D eigenvalue weighted by Gasteiger charge is -2.13. The Kier molecular flexibility index (Phi) is 5.89. The Labute approximate surface area is 105 Å². The van der Waals surface area contributed by atoms with Crippen LogP contribution in [0.4, 0.5) is 0 Å². The van der Waals surface area contributed by atoms with E-state index < -0.39 is 9.84 Å². The van der Waals surface area contributed by atoms with Gasteiger partial charge < -0.3 is 10.1 Å². The molecule has 1 N–H and O–H groups in total. The Morgan fingerprint density at radius 2 is 2.12 bits per heavy atom. The van der Waals surface area contributed by atoms with Crippen LogP contribution in [0.3, 0.4) is 0 Å². The van der Waals surface area contributed by atoms with Crippen molar-refractivity contribution >= 4 is 9.84 Å². The summed E-state index contributed by atoms with van der Waals surface area (Å²) < 4.78 is 28.8. The van der Waals surface area contributed by atoms with E-state index in [0.717, 1.165) is 25.8 Å². The molecule has 1 fully saturated rings. The average molecular weight is 263 g/mol. The molecule has 0 aromatic carbocycles. The lowest BCUT2D eigenvalue weighted by molar-refractivity contribution is 0.192. The van der Waals surface area contributed by atoms with Gasteiger partial charge in [-0.05, 0) is 31.7 Å². The highest BCUT2D eigenvalue weighted by Crippen LogP contribution is 2.24. The van der Waals surface area contributed by atoms with Gasteiger partial charge in [0.25, 0.3) is 0 Å². The van der Waals surface area contributed by atoms with Crippen molar-refractivity contribution in [3.63, 3.8) is 0 Å². The van der Waals surface area contributed by atoms with Crippen molar-refractivity contribution in [2.75, 3.05) is 26.0 Å². The van der Waals surface area contributed by atoms with Gasteiger partial charge in [0.1, 0.15) is 0 Å². The van der Waals surface area contributed by atoms with Crippen LogP contribution in [0.25, 0.3) is 0 Å². The Morgan fingerprint density at radius 3 is 2.71 bits per heavy atom. The molecule has 0 saturated carbocycles. The van der Waals surface area contributed by atoms with Crippen molar-refractivity contribution in [1.29, 1.82) is 0 Å². The Balaban J connectivity index is 2.40. The molecule has 5 heteroatoms. The summed E-state index contributed by atoms with van der Waals surface area (Å²) in [7, 11) is -1.23. The standard InChI is InChI=1S/C12H25NO3S/c1-10(2)8-13-11-7-12(5-4-6-16-3)17(14,15)9-11/h10-13H,4-9H2,1-3H3/t11?,12-/m1/s1. The molecule has 17 heavy (non-hydrogen) atoms. The van der Waals surface area contributed by atoms with Crippen molar-refractivity contribution in [2.24, 2.45) is 5.92 Å². The maximum atomic E-state index is 11.9. The zero-order chi connectivity index (χ0) is 12.9. The summed E-state index contributed by atoms with van der Waals surface area (Å²) in [6.45, 7) is 5.81. The van der Waals surface area contributed by atoms with Gasteiger partial charge in [-0.3, -0.25) is 0 Å². The first-order valence-corrected chi connectivity index (χ1v) is 8.11. The molecule has 0 amide bonds. The molecule has 1 rings (SSSR count). The number of nitrogens with one attached hydrogen (secondary N) is 1. The van der Waals surface area contributed by atoms with Gasteiger partial charge in [0, 0.05) is 19.8 Å². The van der Waals surface area contributed by atoms with Gasteiger partial charge in [-0.2, -0.15) is 0 Å². The number of sulfone groups is 1. The molecule has 102 valence electrons. The van der Waals surface area contributed by atoms with Gasteiger partial charge in [-0.1, -0.05) is 13.8 Å². The lowest BCUT2D eigenvalue weighted by Crippen LogP contribution is -2.32. The molecule has 2 atom stereocenters. The van der Waals surface area contributed by atoms with E-state index in [1.807, 2.05) is 0 Å². The van der Waals surface area contributed by atoms with Gasteiger partial charge in [-0.15, -0.1) is 0 Å². The van der Waals surface area contributed by atoms with Crippen LogP contribution >= 0.6 is 0 Å². The van der Waals surface area contributed by atoms with E-state index in [0.29, 0.717) is 18.3 Å². The minimum absolute atomic E-state index is 0.148. The van der Waals surface area contributed by atoms with Crippen molar-refractivity contribution in [3.05, 3.63) is 0 Å². The van der Waals surface area contributed by atoms with Crippen molar-refractivity contribution in [2.45, 2.75) is 44.4 Å². The van der Waals surface area contributed by atoms with Crippen LogP contribution in [-0.4, -0.2) is 45.7 Å². The monoisotopic (exact) mass is 263 g/mol. The molecule has 1 aliphatic rings. The summed E-state index contributed by atoms with van der Waals surface area (Å²) >= 11 is 0. The Hall–Kier alpha value is -0.130. The minimum Gasteiger partial charge on any atom is -0.385 e. The number of hydrogen-bond acceptors (Lipinski definition) is 4. The molecule has 1 heterocycles. The molecular weight excluding hydrogens is 238 g/mol. The Morgan fingerprint density at radius 1 is 1.41 bits per heavy atom. The van der Waals surface area contributed by atoms with E-state index in [1.165, 1.54) is 0 Å². The summed E-state index contributed by atoms with van der Waals surface area (Å²) in [6, 6.07) is 0.148. The number of methoxy groups -OCH3 is 1. The topological polar surface area (TPSA) is 55.4 Å². The van der Waals surface area contributed by atoms with Crippen LogP contribution < -0.4 is 5.32 Å². The average Bonchev–Trinajstić information content (AvgIpc) is 2.51. The first-order chi connectivity index (χ1) is 7.95. The number of rotatable bonds is 7. The first kappa shape index (κ1) is 14.9. The van der Waals surface area contributed by atoms with Gasteiger partial charge >= 0.3 is 0 Å².